The smallest absolute Gasteiger partial charge is 0.132 e. The summed E-state index contributed by atoms with van der Waals surface area (Å²) in [6.45, 7) is 5.50. The molecule has 2 unspecified atom stereocenters. The molecule has 0 bridgehead atoms. The minimum atomic E-state index is 0.153. The van der Waals surface area contributed by atoms with Gasteiger partial charge < -0.3 is 25.0 Å². The molecule has 32 heavy (non-hydrogen) atoms. The van der Waals surface area contributed by atoms with E-state index in [1.807, 2.05) is 13.2 Å². The van der Waals surface area contributed by atoms with Crippen molar-refractivity contribution in [2.45, 2.75) is 37.6 Å². The number of piperidine rings is 1. The molecular formula is C24H32N6O2. The highest BCUT2D eigenvalue weighted by Gasteiger charge is 2.40. The van der Waals surface area contributed by atoms with E-state index >= 15 is 0 Å². The molecule has 0 saturated carbocycles. The zero-order valence-electron chi connectivity index (χ0n) is 18.7. The van der Waals surface area contributed by atoms with Crippen LogP contribution in [0.3, 0.4) is 0 Å². The Hall–Kier alpha value is -2.44. The first-order chi connectivity index (χ1) is 15.7. The lowest BCUT2D eigenvalue weighted by Crippen LogP contribution is -2.59. The molecule has 2 N–H and O–H groups in total. The van der Waals surface area contributed by atoms with Crippen LogP contribution in [0.15, 0.2) is 41.9 Å². The fourth-order valence-corrected chi connectivity index (χ4v) is 5.15. The number of aromatic nitrogens is 1. The van der Waals surface area contributed by atoms with Gasteiger partial charge in [-0.15, -0.1) is 0 Å². The minimum Gasteiger partial charge on any atom is -0.380 e. The van der Waals surface area contributed by atoms with Crippen LogP contribution in [0.2, 0.25) is 0 Å². The van der Waals surface area contributed by atoms with Gasteiger partial charge in [0.05, 0.1) is 37.0 Å². The van der Waals surface area contributed by atoms with E-state index in [1.54, 1.807) is 12.3 Å². The third-order valence-corrected chi connectivity index (χ3v) is 7.06. The Morgan fingerprint density at radius 2 is 2.12 bits per heavy atom. The van der Waals surface area contributed by atoms with Crippen molar-refractivity contribution >= 4 is 5.82 Å². The van der Waals surface area contributed by atoms with Gasteiger partial charge in [-0.25, -0.2) is 4.98 Å². The third kappa shape index (κ3) is 4.39. The molecule has 0 spiro atoms. The summed E-state index contributed by atoms with van der Waals surface area (Å²) in [6, 6.07) is 6.07. The number of methoxy groups -OCH3 is 1. The number of rotatable bonds is 6. The van der Waals surface area contributed by atoms with Crippen LogP contribution in [0.1, 0.15) is 24.8 Å². The first kappa shape index (κ1) is 21.4. The SMILES string of the molecule is COC1CCN(C2C=C(C3CCNCC3)C=C(Nc3cc(C#N)ccn3)N2C2COC2)C1. The van der Waals surface area contributed by atoms with Crippen LogP contribution in [-0.4, -0.2) is 79.6 Å². The number of anilines is 1. The summed E-state index contributed by atoms with van der Waals surface area (Å²) in [6.07, 6.45) is 10.2. The van der Waals surface area contributed by atoms with Gasteiger partial charge in [0.25, 0.3) is 0 Å². The zero-order valence-corrected chi connectivity index (χ0v) is 18.7. The number of pyridine rings is 1. The number of nitrogens with zero attached hydrogens (tertiary/aromatic N) is 4. The molecule has 0 radical (unpaired) electrons. The van der Waals surface area contributed by atoms with E-state index in [2.05, 4.69) is 43.6 Å². The average Bonchev–Trinajstić information content (AvgIpc) is 3.29. The lowest BCUT2D eigenvalue weighted by Gasteiger charge is -2.49. The first-order valence-electron chi connectivity index (χ1n) is 11.7. The molecule has 8 heteroatoms. The minimum absolute atomic E-state index is 0.153. The molecule has 3 saturated heterocycles. The predicted octanol–water partition coefficient (Wildman–Crippen LogP) is 1.89. The van der Waals surface area contributed by atoms with Gasteiger partial charge in [0.15, 0.2) is 0 Å². The highest BCUT2D eigenvalue weighted by Crippen LogP contribution is 2.35. The van der Waals surface area contributed by atoms with Gasteiger partial charge in [0.2, 0.25) is 0 Å². The molecular weight excluding hydrogens is 404 g/mol. The van der Waals surface area contributed by atoms with Crippen LogP contribution in [0.4, 0.5) is 5.82 Å². The van der Waals surface area contributed by atoms with Crippen molar-refractivity contribution in [1.82, 2.24) is 20.1 Å². The predicted molar refractivity (Wildman–Crippen MR) is 122 cm³/mol. The maximum Gasteiger partial charge on any atom is 0.132 e. The molecule has 170 valence electrons. The van der Waals surface area contributed by atoms with Crippen molar-refractivity contribution < 1.29 is 9.47 Å². The molecule has 5 heterocycles. The van der Waals surface area contributed by atoms with Gasteiger partial charge in [0.1, 0.15) is 17.8 Å². The topological polar surface area (TPSA) is 85.7 Å². The van der Waals surface area contributed by atoms with Crippen molar-refractivity contribution in [3.8, 4) is 6.07 Å². The summed E-state index contributed by atoms with van der Waals surface area (Å²) >= 11 is 0. The Kier molecular flexibility index (Phi) is 6.42. The second-order valence-corrected chi connectivity index (χ2v) is 9.04. The van der Waals surface area contributed by atoms with Gasteiger partial charge >= 0.3 is 0 Å². The van der Waals surface area contributed by atoms with Crippen LogP contribution in [0.25, 0.3) is 0 Å². The summed E-state index contributed by atoms with van der Waals surface area (Å²) < 4.78 is 11.3. The van der Waals surface area contributed by atoms with Crippen LogP contribution in [0, 0.1) is 17.2 Å². The van der Waals surface area contributed by atoms with Gasteiger partial charge in [-0.3, -0.25) is 4.90 Å². The van der Waals surface area contributed by atoms with Gasteiger partial charge in [0, 0.05) is 26.4 Å². The normalized spacial score (nSPS) is 27.4. The Bertz CT molecular complexity index is 915. The van der Waals surface area contributed by atoms with Gasteiger partial charge in [-0.1, -0.05) is 0 Å². The molecule has 3 fully saturated rings. The molecule has 2 atom stereocenters. The highest BCUT2D eigenvalue weighted by atomic mass is 16.5. The maximum atomic E-state index is 9.32. The number of nitrogens with one attached hydrogen (secondary N) is 2. The van der Waals surface area contributed by atoms with E-state index in [1.165, 1.54) is 5.57 Å². The summed E-state index contributed by atoms with van der Waals surface area (Å²) in [4.78, 5) is 9.46. The Balaban J connectivity index is 1.49. The van der Waals surface area contributed by atoms with E-state index in [4.69, 9.17) is 9.47 Å². The number of hydrogen-bond donors (Lipinski definition) is 2. The number of hydrogen-bond acceptors (Lipinski definition) is 8. The standard InChI is InChI=1S/C24H32N6O2/c1-31-21-5-9-29(14-21)24-12-19(18-3-6-26-7-4-18)11-23(30(24)20-15-32-16-20)28-22-10-17(13-25)2-8-27-22/h2,8,10-12,18,20-21,24,26H,3-7,9,14-16H2,1H3,(H,27,28). The summed E-state index contributed by atoms with van der Waals surface area (Å²) in [5.41, 5.74) is 2.00. The first-order valence-corrected chi connectivity index (χ1v) is 11.7. The number of allylic oxidation sites excluding steroid dienone is 2. The van der Waals surface area contributed by atoms with Crippen LogP contribution in [-0.2, 0) is 9.47 Å². The average molecular weight is 437 g/mol. The van der Waals surface area contributed by atoms with Crippen LogP contribution < -0.4 is 10.6 Å². The number of likely N-dealkylation sites (tertiary alicyclic amines) is 1. The summed E-state index contributed by atoms with van der Waals surface area (Å²) in [5.74, 6) is 2.29. The van der Waals surface area contributed by atoms with Gasteiger partial charge in [-0.05, 0) is 68.1 Å². The molecule has 8 nitrogen and oxygen atoms in total. The second kappa shape index (κ2) is 9.59. The second-order valence-electron chi connectivity index (χ2n) is 9.04. The van der Waals surface area contributed by atoms with Crippen molar-refractivity contribution in [3.63, 3.8) is 0 Å². The molecule has 0 aromatic carbocycles. The van der Waals surface area contributed by atoms with E-state index in [-0.39, 0.29) is 12.3 Å². The van der Waals surface area contributed by atoms with Gasteiger partial charge in [-0.2, -0.15) is 5.26 Å². The van der Waals surface area contributed by atoms with E-state index in [0.717, 1.165) is 64.5 Å². The third-order valence-electron chi connectivity index (χ3n) is 7.06. The summed E-state index contributed by atoms with van der Waals surface area (Å²) in [7, 11) is 1.81. The molecule has 4 aliphatic rings. The van der Waals surface area contributed by atoms with E-state index < -0.39 is 0 Å². The largest absolute Gasteiger partial charge is 0.380 e. The molecule has 0 aliphatic carbocycles. The van der Waals surface area contributed by atoms with Crippen molar-refractivity contribution in [3.05, 3.63) is 47.4 Å². The van der Waals surface area contributed by atoms with E-state index in [0.29, 0.717) is 23.3 Å². The molecule has 1 aromatic rings. The number of ether oxygens (including phenoxy) is 2. The Morgan fingerprint density at radius 3 is 2.81 bits per heavy atom. The molecule has 0 amide bonds. The van der Waals surface area contributed by atoms with Crippen LogP contribution >= 0.6 is 0 Å². The Morgan fingerprint density at radius 1 is 1.28 bits per heavy atom. The highest BCUT2D eigenvalue weighted by molar-refractivity contribution is 5.49. The quantitative estimate of drug-likeness (QED) is 0.699. The zero-order chi connectivity index (χ0) is 21.9. The molecule has 4 aliphatic heterocycles. The monoisotopic (exact) mass is 436 g/mol. The Labute approximate surface area is 189 Å². The fraction of sp³-hybridized carbons (Fsp3) is 0.583. The van der Waals surface area contributed by atoms with Crippen LogP contribution in [0.5, 0.6) is 0 Å². The van der Waals surface area contributed by atoms with Crippen molar-refractivity contribution in [2.24, 2.45) is 5.92 Å². The lowest BCUT2D eigenvalue weighted by atomic mass is 9.87. The van der Waals surface area contributed by atoms with E-state index in [9.17, 15) is 5.26 Å². The van der Waals surface area contributed by atoms with Crippen molar-refractivity contribution in [1.29, 1.82) is 5.26 Å². The fourth-order valence-electron chi connectivity index (χ4n) is 5.15. The lowest BCUT2D eigenvalue weighted by molar-refractivity contribution is -0.0806. The maximum absolute atomic E-state index is 9.32. The molecule has 5 rings (SSSR count). The summed E-state index contributed by atoms with van der Waals surface area (Å²) in [5, 5.41) is 16.4. The van der Waals surface area contributed by atoms with Crippen molar-refractivity contribution in [2.75, 3.05) is 51.8 Å². The number of nitriles is 1. The molecule has 1 aromatic heterocycles.